The molecule has 0 saturated carbocycles. The van der Waals surface area contributed by atoms with Crippen LogP contribution in [0.4, 0.5) is 4.79 Å². The zero-order valence-corrected chi connectivity index (χ0v) is 11.5. The SMILES string of the molecule is C=CCOC(=O)N[C@H]1C(=O)N2[C@@H]1[C@@H](C)COC2(C)C. The minimum Gasteiger partial charge on any atom is -0.445 e. The molecule has 0 spiro atoms. The van der Waals surface area contributed by atoms with Crippen molar-refractivity contribution < 1.29 is 19.1 Å². The van der Waals surface area contributed by atoms with Gasteiger partial charge in [0.05, 0.1) is 12.6 Å². The summed E-state index contributed by atoms with van der Waals surface area (Å²) in [7, 11) is 0. The van der Waals surface area contributed by atoms with Gasteiger partial charge < -0.3 is 19.7 Å². The molecule has 0 radical (unpaired) electrons. The van der Waals surface area contributed by atoms with E-state index in [2.05, 4.69) is 11.9 Å². The van der Waals surface area contributed by atoms with Gasteiger partial charge in [-0.1, -0.05) is 19.6 Å². The maximum absolute atomic E-state index is 12.1. The predicted octanol–water partition coefficient (Wildman–Crippen LogP) is 0.880. The lowest BCUT2D eigenvalue weighted by Crippen LogP contribution is -2.80. The van der Waals surface area contributed by atoms with E-state index in [0.29, 0.717) is 6.61 Å². The maximum Gasteiger partial charge on any atom is 0.408 e. The average Bonchev–Trinajstić information content (AvgIpc) is 2.35. The van der Waals surface area contributed by atoms with Crippen LogP contribution in [0.2, 0.25) is 0 Å². The van der Waals surface area contributed by atoms with Crippen molar-refractivity contribution in [1.82, 2.24) is 10.2 Å². The first-order valence-corrected chi connectivity index (χ1v) is 6.40. The zero-order chi connectivity index (χ0) is 14.2. The second-order valence-electron chi connectivity index (χ2n) is 5.44. The number of alkyl carbamates (subject to hydrolysis) is 1. The quantitative estimate of drug-likeness (QED) is 0.609. The van der Waals surface area contributed by atoms with E-state index in [0.717, 1.165) is 0 Å². The van der Waals surface area contributed by atoms with Crippen molar-refractivity contribution in [3.63, 3.8) is 0 Å². The molecule has 1 N–H and O–H groups in total. The molecule has 2 heterocycles. The van der Waals surface area contributed by atoms with Crippen molar-refractivity contribution >= 4 is 12.0 Å². The Morgan fingerprint density at radius 1 is 1.68 bits per heavy atom. The Morgan fingerprint density at radius 2 is 2.37 bits per heavy atom. The molecule has 2 rings (SSSR count). The molecule has 2 fully saturated rings. The van der Waals surface area contributed by atoms with Gasteiger partial charge >= 0.3 is 6.09 Å². The number of hydrogen-bond donors (Lipinski definition) is 1. The molecule has 0 aromatic carbocycles. The summed E-state index contributed by atoms with van der Waals surface area (Å²) in [5, 5.41) is 2.61. The number of β-lactam (4-membered cyclic amide) rings is 1. The third-order valence-electron chi connectivity index (χ3n) is 3.61. The Bertz CT molecular complexity index is 407. The topological polar surface area (TPSA) is 67.9 Å². The summed E-state index contributed by atoms with van der Waals surface area (Å²) in [5.74, 6) is 0.0486. The van der Waals surface area contributed by atoms with Gasteiger partial charge in [0.25, 0.3) is 0 Å². The van der Waals surface area contributed by atoms with E-state index in [9.17, 15) is 9.59 Å². The van der Waals surface area contributed by atoms with Crippen LogP contribution in [0.15, 0.2) is 12.7 Å². The highest BCUT2D eigenvalue weighted by atomic mass is 16.5. The van der Waals surface area contributed by atoms with Gasteiger partial charge in [-0.2, -0.15) is 0 Å². The predicted molar refractivity (Wildman–Crippen MR) is 68.3 cm³/mol. The van der Waals surface area contributed by atoms with E-state index in [1.165, 1.54) is 6.08 Å². The fraction of sp³-hybridized carbons (Fsp3) is 0.692. The van der Waals surface area contributed by atoms with Crippen LogP contribution in [-0.4, -0.2) is 47.9 Å². The summed E-state index contributed by atoms with van der Waals surface area (Å²) in [6.45, 7) is 9.88. The van der Waals surface area contributed by atoms with Crippen molar-refractivity contribution in [3.05, 3.63) is 12.7 Å². The van der Waals surface area contributed by atoms with Gasteiger partial charge in [-0.25, -0.2) is 4.79 Å². The molecule has 0 unspecified atom stereocenters. The average molecular weight is 268 g/mol. The van der Waals surface area contributed by atoms with Crippen molar-refractivity contribution in [2.45, 2.75) is 38.6 Å². The molecule has 2 aliphatic heterocycles. The number of amides is 2. The molecule has 6 nitrogen and oxygen atoms in total. The Morgan fingerprint density at radius 3 is 3.00 bits per heavy atom. The third kappa shape index (κ3) is 2.32. The fourth-order valence-electron chi connectivity index (χ4n) is 2.67. The Labute approximate surface area is 112 Å². The number of hydrogen-bond acceptors (Lipinski definition) is 4. The number of carbonyl (C=O) groups is 2. The third-order valence-corrected chi connectivity index (χ3v) is 3.61. The summed E-state index contributed by atoms with van der Waals surface area (Å²) >= 11 is 0. The Hall–Kier alpha value is -1.56. The number of nitrogens with zero attached hydrogens (tertiary/aromatic N) is 1. The number of carbonyl (C=O) groups excluding carboxylic acids is 2. The lowest BCUT2D eigenvalue weighted by molar-refractivity contribution is -0.239. The molecule has 0 aliphatic carbocycles. The van der Waals surface area contributed by atoms with Gasteiger partial charge in [-0.15, -0.1) is 0 Å². The first kappa shape index (κ1) is 13.9. The van der Waals surface area contributed by atoms with Crippen LogP contribution in [0, 0.1) is 5.92 Å². The number of rotatable bonds is 3. The van der Waals surface area contributed by atoms with E-state index in [4.69, 9.17) is 9.47 Å². The largest absolute Gasteiger partial charge is 0.445 e. The fourth-order valence-corrected chi connectivity index (χ4v) is 2.67. The van der Waals surface area contributed by atoms with Gasteiger partial charge in [0.15, 0.2) is 0 Å². The molecule has 2 saturated heterocycles. The normalized spacial score (nSPS) is 32.1. The Kier molecular flexibility index (Phi) is 3.54. The lowest BCUT2D eigenvalue weighted by atomic mass is 9.81. The van der Waals surface area contributed by atoms with E-state index in [1.54, 1.807) is 4.90 Å². The second kappa shape index (κ2) is 4.85. The van der Waals surface area contributed by atoms with Crippen LogP contribution in [0.1, 0.15) is 20.8 Å². The van der Waals surface area contributed by atoms with Crippen molar-refractivity contribution in [1.29, 1.82) is 0 Å². The number of nitrogens with one attached hydrogen (secondary N) is 1. The minimum absolute atomic E-state index is 0.0347. The van der Waals surface area contributed by atoms with Crippen molar-refractivity contribution in [2.24, 2.45) is 5.92 Å². The molecule has 19 heavy (non-hydrogen) atoms. The highest BCUT2D eigenvalue weighted by Gasteiger charge is 2.58. The summed E-state index contributed by atoms with van der Waals surface area (Å²) in [5.41, 5.74) is -0.614. The van der Waals surface area contributed by atoms with Gasteiger partial charge in [0.2, 0.25) is 5.91 Å². The van der Waals surface area contributed by atoms with Crippen molar-refractivity contribution in [2.75, 3.05) is 13.2 Å². The van der Waals surface area contributed by atoms with E-state index < -0.39 is 17.9 Å². The summed E-state index contributed by atoms with van der Waals surface area (Å²) in [4.78, 5) is 25.3. The molecule has 0 aromatic heterocycles. The van der Waals surface area contributed by atoms with E-state index in [1.807, 2.05) is 20.8 Å². The summed E-state index contributed by atoms with van der Waals surface area (Å²) in [6, 6.07) is -0.553. The van der Waals surface area contributed by atoms with Crippen LogP contribution in [0.3, 0.4) is 0 Å². The van der Waals surface area contributed by atoms with E-state index >= 15 is 0 Å². The van der Waals surface area contributed by atoms with E-state index in [-0.39, 0.29) is 24.5 Å². The molecule has 106 valence electrons. The maximum atomic E-state index is 12.1. The molecule has 6 heteroatoms. The minimum atomic E-state index is -0.614. The molecular formula is C13H20N2O4. The van der Waals surface area contributed by atoms with Crippen LogP contribution in [0.25, 0.3) is 0 Å². The monoisotopic (exact) mass is 268 g/mol. The molecule has 3 atom stereocenters. The molecule has 2 aliphatic rings. The van der Waals surface area contributed by atoms with Crippen molar-refractivity contribution in [3.8, 4) is 0 Å². The van der Waals surface area contributed by atoms with Gasteiger partial charge in [-0.05, 0) is 13.8 Å². The molecule has 2 amide bonds. The van der Waals surface area contributed by atoms with Crippen LogP contribution >= 0.6 is 0 Å². The van der Waals surface area contributed by atoms with Gasteiger partial charge in [-0.3, -0.25) is 4.79 Å². The standard InChI is InChI=1S/C13H20N2O4/c1-5-6-18-12(17)14-9-10-8(2)7-19-13(3,4)15(10)11(9)16/h5,8-10H,1,6-7H2,2-4H3,(H,14,17)/t8-,9+,10+/m0/s1. The second-order valence-corrected chi connectivity index (χ2v) is 5.44. The highest BCUT2D eigenvalue weighted by molar-refractivity contribution is 5.93. The highest BCUT2D eigenvalue weighted by Crippen LogP contribution is 2.39. The number of fused-ring (bicyclic) bond motifs is 1. The van der Waals surface area contributed by atoms with Crippen LogP contribution in [0.5, 0.6) is 0 Å². The van der Waals surface area contributed by atoms with Crippen LogP contribution < -0.4 is 5.32 Å². The first-order chi connectivity index (χ1) is 8.88. The summed E-state index contributed by atoms with van der Waals surface area (Å²) in [6.07, 6.45) is 0.892. The van der Waals surface area contributed by atoms with Gasteiger partial charge in [0, 0.05) is 5.92 Å². The summed E-state index contributed by atoms with van der Waals surface area (Å²) < 4.78 is 10.5. The lowest BCUT2D eigenvalue weighted by Gasteiger charge is -2.59. The molecule has 0 bridgehead atoms. The number of ether oxygens (including phenoxy) is 2. The Balaban J connectivity index is 2.02. The van der Waals surface area contributed by atoms with Crippen LogP contribution in [-0.2, 0) is 14.3 Å². The molecular weight excluding hydrogens is 248 g/mol. The molecule has 0 aromatic rings. The van der Waals surface area contributed by atoms with Gasteiger partial charge in [0.1, 0.15) is 18.4 Å². The smallest absolute Gasteiger partial charge is 0.408 e. The first-order valence-electron chi connectivity index (χ1n) is 6.40. The zero-order valence-electron chi connectivity index (χ0n) is 11.5.